The Labute approximate surface area is 442 Å². The average molecular weight is 1020 g/mol. The average Bonchev–Trinajstić information content (AvgIpc) is 4.06. The summed E-state index contributed by atoms with van der Waals surface area (Å²) in [7, 11) is 2.63. The summed E-state index contributed by atoms with van der Waals surface area (Å²) in [4.78, 5) is 55.4. The molecule has 4 aromatic heterocycles. The second-order valence-electron chi connectivity index (χ2n) is 16.9. The van der Waals surface area contributed by atoms with Crippen LogP contribution in [-0.2, 0) is 93.4 Å². The number of aromatic nitrogens is 6. The number of methoxy groups -OCH3 is 2. The molecule has 0 saturated carbocycles. The number of halogens is 1. The zero-order chi connectivity index (χ0) is 50.2. The fourth-order valence-corrected chi connectivity index (χ4v) is 7.86. The van der Waals surface area contributed by atoms with Crippen molar-refractivity contribution in [3.8, 4) is 0 Å². The van der Waals surface area contributed by atoms with Crippen LogP contribution in [0.2, 0.25) is 0 Å². The van der Waals surface area contributed by atoms with Gasteiger partial charge in [-0.3, -0.25) is 14.2 Å². The number of nitrogens with two attached hydrogens (primary N) is 1. The summed E-state index contributed by atoms with van der Waals surface area (Å²) in [6.45, 7) is 3.87. The number of alkyl carbamates (subject to hydrolysis) is 1. The topological polar surface area (TPSA) is 259 Å². The fourth-order valence-electron chi connectivity index (χ4n) is 7.81. The third-order valence-electron chi connectivity index (χ3n) is 11.5. The molecule has 0 saturated heterocycles. The van der Waals surface area contributed by atoms with Crippen molar-refractivity contribution < 1.29 is 62.5 Å². The number of nitrogens with zero attached hydrogens (tertiary/aromatic N) is 6. The van der Waals surface area contributed by atoms with Crippen LogP contribution in [0.25, 0.3) is 0 Å². The summed E-state index contributed by atoms with van der Waals surface area (Å²) in [5.41, 5.74) is 13.3. The number of carbonyl (C=O) groups is 4. The molecule has 21 heteroatoms. The van der Waals surface area contributed by atoms with Crippen LogP contribution in [0.5, 0.6) is 0 Å². The van der Waals surface area contributed by atoms with Crippen molar-refractivity contribution in [2.75, 3.05) is 37.9 Å². The van der Waals surface area contributed by atoms with Crippen LogP contribution in [-0.4, -0.2) is 97.9 Å². The molecule has 0 spiro atoms. The van der Waals surface area contributed by atoms with Gasteiger partial charge in [0.25, 0.3) is 0 Å². The summed E-state index contributed by atoms with van der Waals surface area (Å²) >= 11 is 4.97. The van der Waals surface area contributed by atoms with Crippen LogP contribution in [0.1, 0.15) is 70.5 Å². The van der Waals surface area contributed by atoms with E-state index in [1.165, 1.54) is 31.8 Å². The standard InChI is InChI=1S/C26H31N5O4.C18H25N5O2.C8H7ClO2.Li.H2O/c1-34-25(32)23(30-26(33)35-18-19-7-3-2-4-8-19)15-20-16-28-31(17-20)14-6-10-22-12-11-21-9-5-13-27-24(21)29-22;1-25-18(24)16(19)10-13-11-21-23(12-13)9-3-5-15-7-6-14-4-2-8-20-17(14)22-15;9-8(10)11-6-7-4-2-1-3-5-7;;/h2-4,7-8,11-12,16-17,23H,5-6,9-10,13-15,18H2,1H3,(H,27,29)(H,30,33);6-7,11-12,16H,2-5,8-10,19H2,1H3,(H,20,22);1-5H,6H2;;1H2/q;;;+1;/p-1. The molecule has 2 atom stereocenters. The van der Waals surface area contributed by atoms with Crippen LogP contribution < -0.4 is 40.5 Å². The van der Waals surface area contributed by atoms with E-state index in [1.807, 2.05) is 82.4 Å². The quantitative estimate of drug-likeness (QED) is 0.0387. The summed E-state index contributed by atoms with van der Waals surface area (Å²) in [5.74, 6) is 1.11. The maximum atomic E-state index is 12.2. The maximum Gasteiger partial charge on any atom is 1.00 e. The van der Waals surface area contributed by atoms with E-state index in [0.29, 0.717) is 6.42 Å². The molecule has 0 fully saturated rings. The Morgan fingerprint density at radius 2 is 1.15 bits per heavy atom. The number of rotatable bonds is 19. The number of ether oxygens (including phenoxy) is 4. The van der Waals surface area contributed by atoms with E-state index < -0.39 is 35.5 Å². The Balaban J connectivity index is 0.000000264. The largest absolute Gasteiger partial charge is 1.00 e. The van der Waals surface area contributed by atoms with Crippen molar-refractivity contribution in [3.63, 3.8) is 0 Å². The van der Waals surface area contributed by atoms with Gasteiger partial charge >= 0.3 is 42.3 Å². The van der Waals surface area contributed by atoms with Gasteiger partial charge in [-0.05, 0) is 96.9 Å². The van der Waals surface area contributed by atoms with Gasteiger partial charge in [0.2, 0.25) is 0 Å². The first-order valence-corrected chi connectivity index (χ1v) is 24.2. The summed E-state index contributed by atoms with van der Waals surface area (Å²) < 4.78 is 23.0. The first-order chi connectivity index (χ1) is 34.5. The Morgan fingerprint density at radius 3 is 1.63 bits per heavy atom. The van der Waals surface area contributed by atoms with Gasteiger partial charge in [0.1, 0.15) is 36.9 Å². The number of fused-ring (bicyclic) bond motifs is 2. The van der Waals surface area contributed by atoms with Gasteiger partial charge < -0.3 is 46.1 Å². The molecule has 8 rings (SSSR count). The number of anilines is 2. The molecule has 6 heterocycles. The number of amides is 1. The predicted octanol–water partition coefficient (Wildman–Crippen LogP) is 3.98. The van der Waals surface area contributed by atoms with Crippen molar-refractivity contribution >= 4 is 46.7 Å². The molecule has 2 aliphatic rings. The van der Waals surface area contributed by atoms with Crippen molar-refractivity contribution in [3.05, 3.63) is 154 Å². The van der Waals surface area contributed by atoms with E-state index in [1.54, 1.807) is 12.4 Å². The number of aryl methyl sites for hydroxylation is 6. The van der Waals surface area contributed by atoms with Gasteiger partial charge in [-0.2, -0.15) is 10.2 Å². The molecule has 2 aromatic carbocycles. The molecular formula is C52H64ClLiN10O9. The van der Waals surface area contributed by atoms with Crippen molar-refractivity contribution in [1.82, 2.24) is 34.8 Å². The van der Waals surface area contributed by atoms with E-state index in [0.717, 1.165) is 116 Å². The second kappa shape index (κ2) is 31.6. The minimum Gasteiger partial charge on any atom is -0.870 e. The van der Waals surface area contributed by atoms with Crippen LogP contribution in [0, 0.1) is 0 Å². The zero-order valence-electron chi connectivity index (χ0n) is 41.7. The molecule has 2 aliphatic heterocycles. The number of esters is 2. The van der Waals surface area contributed by atoms with Crippen molar-refractivity contribution in [1.29, 1.82) is 0 Å². The maximum absolute atomic E-state index is 12.2. The third kappa shape index (κ3) is 20.4. The fraction of sp³-hybridized carbons (Fsp3) is 0.385. The van der Waals surface area contributed by atoms with Gasteiger partial charge in [0.15, 0.2) is 0 Å². The molecule has 73 heavy (non-hydrogen) atoms. The first kappa shape index (κ1) is 58.8. The van der Waals surface area contributed by atoms with E-state index >= 15 is 0 Å². The van der Waals surface area contributed by atoms with Gasteiger partial charge in [-0.1, -0.05) is 72.8 Å². The van der Waals surface area contributed by atoms with Crippen molar-refractivity contribution in [2.24, 2.45) is 5.73 Å². The Hall–Kier alpha value is -6.75. The number of hydrogen-bond acceptors (Lipinski definition) is 16. The number of pyridine rings is 2. The van der Waals surface area contributed by atoms with E-state index in [2.05, 4.69) is 59.9 Å². The predicted molar refractivity (Wildman–Crippen MR) is 271 cm³/mol. The monoisotopic (exact) mass is 1010 g/mol. The first-order valence-electron chi connectivity index (χ1n) is 23.8. The Kier molecular flexibility index (Phi) is 25.5. The second-order valence-corrected chi connectivity index (χ2v) is 17.3. The summed E-state index contributed by atoms with van der Waals surface area (Å²) in [6.07, 6.45) is 15.4. The molecule has 19 nitrogen and oxygen atoms in total. The van der Waals surface area contributed by atoms with Crippen LogP contribution in [0.3, 0.4) is 0 Å². The van der Waals surface area contributed by atoms with E-state index in [-0.39, 0.29) is 44.0 Å². The third-order valence-corrected chi connectivity index (χ3v) is 11.6. The zero-order valence-corrected chi connectivity index (χ0v) is 42.5. The molecule has 384 valence electrons. The van der Waals surface area contributed by atoms with E-state index in [9.17, 15) is 19.2 Å². The van der Waals surface area contributed by atoms with Crippen molar-refractivity contribution in [2.45, 2.75) is 103 Å². The van der Waals surface area contributed by atoms with Gasteiger partial charge in [-0.25, -0.2) is 24.4 Å². The smallest absolute Gasteiger partial charge is 0.870 e. The molecule has 0 bridgehead atoms. The molecule has 0 aliphatic carbocycles. The Morgan fingerprint density at radius 1 is 0.671 bits per heavy atom. The summed E-state index contributed by atoms with van der Waals surface area (Å²) in [6, 6.07) is 25.8. The number of nitrogens with one attached hydrogen (secondary N) is 3. The molecular weight excluding hydrogens is 951 g/mol. The van der Waals surface area contributed by atoms with Gasteiger partial charge in [0, 0.05) is 74.4 Å². The summed E-state index contributed by atoms with van der Waals surface area (Å²) in [5, 5.41) is 18.1. The van der Waals surface area contributed by atoms with E-state index in [4.69, 9.17) is 36.8 Å². The number of hydrogen-bond donors (Lipinski definition) is 4. The van der Waals surface area contributed by atoms with Crippen LogP contribution >= 0.6 is 11.6 Å². The van der Waals surface area contributed by atoms with Gasteiger partial charge in [-0.15, -0.1) is 0 Å². The molecule has 1 amide bonds. The normalized spacial score (nSPS) is 12.7. The molecule has 2 unspecified atom stereocenters. The molecule has 6 N–H and O–H groups in total. The number of benzene rings is 2. The van der Waals surface area contributed by atoms with Gasteiger partial charge in [0.05, 0.1) is 26.6 Å². The SMILES string of the molecule is COC(=O)C(Cc1cnn(CCCc2ccc3c(n2)NCCC3)c1)NC(=O)OCc1ccccc1.COC(=O)C(N)Cc1cnn(CCCc2ccc3c(n2)NCCC3)c1.O=C(Cl)OCc1ccccc1.[Li+].[OH-]. The van der Waals surface area contributed by atoms with Crippen LogP contribution in [0.15, 0.2) is 110 Å². The Bertz CT molecular complexity index is 2620. The molecule has 0 radical (unpaired) electrons. The number of carbonyl (C=O) groups excluding carboxylic acids is 4. The minimum atomic E-state index is -0.867. The molecule has 6 aromatic rings. The minimum absolute atomic E-state index is 0. The van der Waals surface area contributed by atoms with Crippen LogP contribution in [0.4, 0.5) is 21.2 Å².